The highest BCUT2D eigenvalue weighted by molar-refractivity contribution is 9.10. The van der Waals surface area contributed by atoms with Crippen molar-refractivity contribution in [3.8, 4) is 5.75 Å². The van der Waals surface area contributed by atoms with E-state index in [0.29, 0.717) is 10.2 Å². The third-order valence-corrected chi connectivity index (χ3v) is 3.41. The van der Waals surface area contributed by atoms with Crippen LogP contribution < -0.4 is 4.74 Å². The van der Waals surface area contributed by atoms with E-state index in [1.165, 1.54) is 6.07 Å². The lowest BCUT2D eigenvalue weighted by Crippen LogP contribution is -2.07. The van der Waals surface area contributed by atoms with Crippen molar-refractivity contribution in [3.05, 3.63) is 63.9 Å². The number of carbonyl (C=O) groups excluding carboxylic acids is 1. The number of rotatable bonds is 4. The van der Waals surface area contributed by atoms with Crippen LogP contribution in [0.25, 0.3) is 0 Å². The van der Waals surface area contributed by atoms with Gasteiger partial charge in [0.25, 0.3) is 0 Å². The van der Waals surface area contributed by atoms with Gasteiger partial charge >= 0.3 is 0 Å². The summed E-state index contributed by atoms with van der Waals surface area (Å²) in [7, 11) is 1.54. The number of para-hydroxylation sites is 1. The second kappa shape index (κ2) is 5.97. The zero-order chi connectivity index (χ0) is 13.8. The quantitative estimate of drug-likeness (QED) is 0.795. The van der Waals surface area contributed by atoms with Crippen LogP contribution in [-0.2, 0) is 6.42 Å². The summed E-state index contributed by atoms with van der Waals surface area (Å²) in [6.07, 6.45) is 0.109. The van der Waals surface area contributed by atoms with Crippen molar-refractivity contribution in [1.29, 1.82) is 0 Å². The third-order valence-electron chi connectivity index (χ3n) is 2.80. The van der Waals surface area contributed by atoms with Crippen molar-refractivity contribution >= 4 is 21.7 Å². The Kier molecular flexibility index (Phi) is 4.32. The zero-order valence-electron chi connectivity index (χ0n) is 10.3. The average Bonchev–Trinajstić information content (AvgIpc) is 2.42. The SMILES string of the molecule is COc1ccccc1CC(=O)c1cccc(Br)c1F. The summed E-state index contributed by atoms with van der Waals surface area (Å²) in [6, 6.07) is 11.9. The molecule has 0 radical (unpaired) electrons. The summed E-state index contributed by atoms with van der Waals surface area (Å²) < 4.78 is 19.3. The summed E-state index contributed by atoms with van der Waals surface area (Å²) in [6.45, 7) is 0. The van der Waals surface area contributed by atoms with E-state index in [4.69, 9.17) is 4.74 Å². The molecule has 0 atom stereocenters. The van der Waals surface area contributed by atoms with Crippen molar-refractivity contribution in [2.24, 2.45) is 0 Å². The zero-order valence-corrected chi connectivity index (χ0v) is 11.9. The Bertz CT molecular complexity index is 611. The molecule has 0 saturated heterocycles. The van der Waals surface area contributed by atoms with Gasteiger partial charge < -0.3 is 4.74 Å². The Hall–Kier alpha value is -1.68. The van der Waals surface area contributed by atoms with Crippen molar-refractivity contribution in [3.63, 3.8) is 0 Å². The summed E-state index contributed by atoms with van der Waals surface area (Å²) in [5, 5.41) is 0. The second-order valence-corrected chi connectivity index (χ2v) is 4.87. The normalized spacial score (nSPS) is 10.3. The molecule has 0 amide bonds. The van der Waals surface area contributed by atoms with Crippen LogP contribution in [0.3, 0.4) is 0 Å². The van der Waals surface area contributed by atoms with E-state index in [1.807, 2.05) is 12.1 Å². The molecule has 0 fully saturated rings. The highest BCUT2D eigenvalue weighted by atomic mass is 79.9. The summed E-state index contributed by atoms with van der Waals surface area (Å²) >= 11 is 3.08. The lowest BCUT2D eigenvalue weighted by Gasteiger charge is -2.08. The van der Waals surface area contributed by atoms with E-state index in [-0.39, 0.29) is 17.8 Å². The van der Waals surface area contributed by atoms with Gasteiger partial charge in [-0.1, -0.05) is 24.3 Å². The number of carbonyl (C=O) groups is 1. The molecule has 2 rings (SSSR count). The fourth-order valence-electron chi connectivity index (χ4n) is 1.84. The minimum Gasteiger partial charge on any atom is -0.496 e. The predicted molar refractivity (Wildman–Crippen MR) is 75.1 cm³/mol. The van der Waals surface area contributed by atoms with Crippen LogP contribution in [0.2, 0.25) is 0 Å². The first kappa shape index (κ1) is 13.7. The van der Waals surface area contributed by atoms with Gasteiger partial charge in [0.1, 0.15) is 11.6 Å². The van der Waals surface area contributed by atoms with E-state index < -0.39 is 5.82 Å². The van der Waals surface area contributed by atoms with Gasteiger partial charge in [0.2, 0.25) is 0 Å². The molecule has 4 heteroatoms. The number of benzene rings is 2. The highest BCUT2D eigenvalue weighted by Gasteiger charge is 2.15. The molecule has 0 bridgehead atoms. The van der Waals surface area contributed by atoms with E-state index in [9.17, 15) is 9.18 Å². The number of ketones is 1. The van der Waals surface area contributed by atoms with Gasteiger partial charge in [0, 0.05) is 12.0 Å². The van der Waals surface area contributed by atoms with Gasteiger partial charge in [0.15, 0.2) is 5.78 Å². The molecular weight excluding hydrogens is 311 g/mol. The van der Waals surface area contributed by atoms with Gasteiger partial charge in [-0.05, 0) is 34.1 Å². The molecule has 2 aromatic rings. The summed E-state index contributed by atoms with van der Waals surface area (Å²) in [5.41, 5.74) is 0.828. The predicted octanol–water partition coefficient (Wildman–Crippen LogP) is 4.02. The van der Waals surface area contributed by atoms with Crippen molar-refractivity contribution in [1.82, 2.24) is 0 Å². The van der Waals surface area contributed by atoms with Crippen LogP contribution >= 0.6 is 15.9 Å². The smallest absolute Gasteiger partial charge is 0.170 e. The average molecular weight is 323 g/mol. The minimum absolute atomic E-state index is 0.0836. The summed E-state index contributed by atoms with van der Waals surface area (Å²) in [4.78, 5) is 12.1. The van der Waals surface area contributed by atoms with Crippen molar-refractivity contribution < 1.29 is 13.9 Å². The van der Waals surface area contributed by atoms with Crippen LogP contribution in [0.15, 0.2) is 46.9 Å². The molecule has 2 aromatic carbocycles. The molecule has 0 saturated carbocycles. The molecular formula is C15H12BrFO2. The molecule has 2 nitrogen and oxygen atoms in total. The van der Waals surface area contributed by atoms with E-state index >= 15 is 0 Å². The van der Waals surface area contributed by atoms with E-state index in [1.54, 1.807) is 31.4 Å². The first-order valence-electron chi connectivity index (χ1n) is 5.72. The third kappa shape index (κ3) is 3.01. The second-order valence-electron chi connectivity index (χ2n) is 4.01. The highest BCUT2D eigenvalue weighted by Crippen LogP contribution is 2.23. The lowest BCUT2D eigenvalue weighted by molar-refractivity contribution is 0.0988. The molecule has 0 heterocycles. The van der Waals surface area contributed by atoms with Gasteiger partial charge in [0.05, 0.1) is 17.1 Å². The number of hydrogen-bond donors (Lipinski definition) is 0. The summed E-state index contributed by atoms with van der Waals surface area (Å²) in [5.74, 6) is -0.169. The van der Waals surface area contributed by atoms with Gasteiger partial charge in [-0.3, -0.25) is 4.79 Å². The molecule has 98 valence electrons. The topological polar surface area (TPSA) is 26.3 Å². The molecule has 19 heavy (non-hydrogen) atoms. The number of Topliss-reactive ketones (excluding diaryl/α,β-unsaturated/α-hetero) is 1. The molecule has 0 spiro atoms. The van der Waals surface area contributed by atoms with Gasteiger partial charge in [-0.2, -0.15) is 0 Å². The van der Waals surface area contributed by atoms with Crippen LogP contribution in [0.5, 0.6) is 5.75 Å². The maximum atomic E-state index is 13.8. The number of halogens is 2. The van der Waals surface area contributed by atoms with Crippen LogP contribution in [0, 0.1) is 5.82 Å². The monoisotopic (exact) mass is 322 g/mol. The fourth-order valence-corrected chi connectivity index (χ4v) is 2.20. The molecule has 0 aliphatic rings. The van der Waals surface area contributed by atoms with Crippen LogP contribution in [0.4, 0.5) is 4.39 Å². The Morgan fingerprint density at radius 1 is 1.21 bits per heavy atom. The molecule has 0 aliphatic carbocycles. The van der Waals surface area contributed by atoms with Gasteiger partial charge in [-0.15, -0.1) is 0 Å². The molecule has 0 N–H and O–H groups in total. The molecule has 0 unspecified atom stereocenters. The minimum atomic E-state index is -0.526. The molecule has 0 aliphatic heterocycles. The van der Waals surface area contributed by atoms with E-state index in [2.05, 4.69) is 15.9 Å². The van der Waals surface area contributed by atoms with Crippen molar-refractivity contribution in [2.45, 2.75) is 6.42 Å². The Morgan fingerprint density at radius 3 is 2.68 bits per heavy atom. The number of hydrogen-bond acceptors (Lipinski definition) is 2. The van der Waals surface area contributed by atoms with Gasteiger partial charge in [-0.25, -0.2) is 4.39 Å². The Balaban J connectivity index is 2.28. The Labute approximate surface area is 119 Å². The van der Waals surface area contributed by atoms with Crippen LogP contribution in [-0.4, -0.2) is 12.9 Å². The molecule has 0 aromatic heterocycles. The maximum Gasteiger partial charge on any atom is 0.170 e. The first-order chi connectivity index (χ1) is 9.13. The largest absolute Gasteiger partial charge is 0.496 e. The lowest BCUT2D eigenvalue weighted by atomic mass is 10.0. The van der Waals surface area contributed by atoms with Crippen molar-refractivity contribution in [2.75, 3.05) is 7.11 Å². The van der Waals surface area contributed by atoms with Crippen LogP contribution in [0.1, 0.15) is 15.9 Å². The maximum absolute atomic E-state index is 13.8. The number of ether oxygens (including phenoxy) is 1. The fraction of sp³-hybridized carbons (Fsp3) is 0.133. The first-order valence-corrected chi connectivity index (χ1v) is 6.52. The standard InChI is InChI=1S/C15H12BrFO2/c1-19-14-8-3-2-5-10(14)9-13(18)11-6-4-7-12(16)15(11)17/h2-8H,9H2,1H3. The Morgan fingerprint density at radius 2 is 1.95 bits per heavy atom. The number of methoxy groups -OCH3 is 1. The van der Waals surface area contributed by atoms with E-state index in [0.717, 1.165) is 5.56 Å².